The molecule has 6 heteroatoms. The van der Waals surface area contributed by atoms with Gasteiger partial charge in [0, 0.05) is 11.9 Å². The predicted octanol–water partition coefficient (Wildman–Crippen LogP) is 3.52. The van der Waals surface area contributed by atoms with Gasteiger partial charge in [0.1, 0.15) is 5.82 Å². The molecule has 1 heterocycles. The van der Waals surface area contributed by atoms with E-state index in [1.165, 1.54) is 30.1 Å². The van der Waals surface area contributed by atoms with Crippen molar-refractivity contribution in [2.45, 2.75) is 24.1 Å². The van der Waals surface area contributed by atoms with Crippen molar-refractivity contribution in [1.29, 1.82) is 5.26 Å². The summed E-state index contributed by atoms with van der Waals surface area (Å²) in [6, 6.07) is 9.51. The van der Waals surface area contributed by atoms with Gasteiger partial charge in [0.15, 0.2) is 0 Å². The van der Waals surface area contributed by atoms with Gasteiger partial charge >= 0.3 is 0 Å². The summed E-state index contributed by atoms with van der Waals surface area (Å²) in [7, 11) is 0. The summed E-state index contributed by atoms with van der Waals surface area (Å²) in [5.74, 6) is -0.646. The minimum atomic E-state index is -0.427. The fourth-order valence-electron chi connectivity index (χ4n) is 1.74. The molecular formula is C16H14FN3OS. The van der Waals surface area contributed by atoms with E-state index >= 15 is 0 Å². The van der Waals surface area contributed by atoms with Crippen LogP contribution in [0.5, 0.6) is 0 Å². The Morgan fingerprint density at radius 3 is 2.91 bits per heavy atom. The third-order valence-electron chi connectivity index (χ3n) is 2.99. The van der Waals surface area contributed by atoms with Crippen LogP contribution in [0.3, 0.4) is 0 Å². The van der Waals surface area contributed by atoms with Crippen LogP contribution in [-0.2, 0) is 4.79 Å². The SMILES string of the molecule is Cc1ccc(F)cc1NC(=O)C(C)Sc1cc(C#N)ccn1. The Bertz CT molecular complexity index is 742. The van der Waals surface area contributed by atoms with Crippen LogP contribution in [0, 0.1) is 24.1 Å². The summed E-state index contributed by atoms with van der Waals surface area (Å²) in [5.41, 5.74) is 1.74. The zero-order chi connectivity index (χ0) is 16.1. The Kier molecular flexibility index (Phi) is 5.12. The number of nitriles is 1. The van der Waals surface area contributed by atoms with Gasteiger partial charge in [0.2, 0.25) is 5.91 Å². The normalized spacial score (nSPS) is 11.5. The first-order chi connectivity index (χ1) is 10.5. The molecule has 0 saturated heterocycles. The Labute approximate surface area is 132 Å². The molecule has 1 atom stereocenters. The van der Waals surface area contributed by atoms with Gasteiger partial charge in [0.25, 0.3) is 0 Å². The van der Waals surface area contributed by atoms with E-state index in [1.807, 2.05) is 6.07 Å². The highest BCUT2D eigenvalue weighted by Gasteiger charge is 2.16. The minimum absolute atomic E-state index is 0.247. The summed E-state index contributed by atoms with van der Waals surface area (Å²) in [5, 5.41) is 11.7. The molecule has 0 spiro atoms. The predicted molar refractivity (Wildman–Crippen MR) is 84.0 cm³/mol. The third kappa shape index (κ3) is 4.06. The molecule has 0 saturated carbocycles. The second kappa shape index (κ2) is 7.05. The molecule has 1 N–H and O–H groups in total. The van der Waals surface area contributed by atoms with Crippen LogP contribution in [0.2, 0.25) is 0 Å². The highest BCUT2D eigenvalue weighted by molar-refractivity contribution is 8.00. The number of aryl methyl sites for hydroxylation is 1. The van der Waals surface area contributed by atoms with Crippen molar-refractivity contribution < 1.29 is 9.18 Å². The summed E-state index contributed by atoms with van der Waals surface area (Å²) in [6.45, 7) is 3.53. The van der Waals surface area contributed by atoms with Crippen molar-refractivity contribution in [3.63, 3.8) is 0 Å². The number of benzene rings is 1. The number of nitrogens with one attached hydrogen (secondary N) is 1. The quantitative estimate of drug-likeness (QED) is 0.877. The lowest BCUT2D eigenvalue weighted by Crippen LogP contribution is -2.23. The monoisotopic (exact) mass is 315 g/mol. The second-order valence-electron chi connectivity index (χ2n) is 4.70. The van der Waals surface area contributed by atoms with Crippen LogP contribution in [-0.4, -0.2) is 16.1 Å². The number of hydrogen-bond acceptors (Lipinski definition) is 4. The summed E-state index contributed by atoms with van der Waals surface area (Å²) >= 11 is 1.24. The van der Waals surface area contributed by atoms with E-state index in [0.717, 1.165) is 5.56 Å². The summed E-state index contributed by atoms with van der Waals surface area (Å²) in [4.78, 5) is 16.3. The molecular weight excluding hydrogens is 301 g/mol. The van der Waals surface area contributed by atoms with Crippen molar-refractivity contribution in [1.82, 2.24) is 4.98 Å². The minimum Gasteiger partial charge on any atom is -0.325 e. The number of anilines is 1. The van der Waals surface area contributed by atoms with Crippen LogP contribution in [0.1, 0.15) is 18.1 Å². The Balaban J connectivity index is 2.06. The van der Waals surface area contributed by atoms with Gasteiger partial charge in [-0.15, -0.1) is 0 Å². The molecule has 22 heavy (non-hydrogen) atoms. The van der Waals surface area contributed by atoms with Crippen molar-refractivity contribution >= 4 is 23.4 Å². The van der Waals surface area contributed by atoms with E-state index < -0.39 is 11.1 Å². The summed E-state index contributed by atoms with van der Waals surface area (Å²) in [6.07, 6.45) is 1.53. The number of halogens is 1. The fraction of sp³-hybridized carbons (Fsp3) is 0.188. The van der Waals surface area contributed by atoms with E-state index in [1.54, 1.807) is 32.0 Å². The van der Waals surface area contributed by atoms with Gasteiger partial charge in [-0.2, -0.15) is 5.26 Å². The van der Waals surface area contributed by atoms with Crippen LogP contribution in [0.15, 0.2) is 41.6 Å². The molecule has 0 aliphatic heterocycles. The zero-order valence-corrected chi connectivity index (χ0v) is 12.9. The van der Waals surface area contributed by atoms with Crippen LogP contribution in [0.25, 0.3) is 0 Å². The molecule has 2 rings (SSSR count). The molecule has 4 nitrogen and oxygen atoms in total. The van der Waals surface area contributed by atoms with Gasteiger partial charge in [-0.25, -0.2) is 9.37 Å². The maximum Gasteiger partial charge on any atom is 0.237 e. The zero-order valence-electron chi connectivity index (χ0n) is 12.1. The van der Waals surface area contributed by atoms with Crippen molar-refractivity contribution in [3.05, 3.63) is 53.5 Å². The summed E-state index contributed by atoms with van der Waals surface area (Å²) < 4.78 is 13.2. The number of thioether (sulfide) groups is 1. The van der Waals surface area contributed by atoms with Gasteiger partial charge in [-0.3, -0.25) is 4.79 Å². The van der Waals surface area contributed by atoms with E-state index in [0.29, 0.717) is 16.3 Å². The molecule has 0 bridgehead atoms. The number of hydrogen-bond donors (Lipinski definition) is 1. The second-order valence-corrected chi connectivity index (χ2v) is 6.06. The van der Waals surface area contributed by atoms with Crippen LogP contribution in [0.4, 0.5) is 10.1 Å². The Morgan fingerprint density at radius 2 is 2.18 bits per heavy atom. The van der Waals surface area contributed by atoms with Crippen LogP contribution >= 0.6 is 11.8 Å². The first-order valence-electron chi connectivity index (χ1n) is 6.59. The first kappa shape index (κ1) is 16.0. The fourth-order valence-corrected chi connectivity index (χ4v) is 2.59. The molecule has 112 valence electrons. The first-order valence-corrected chi connectivity index (χ1v) is 7.47. The Morgan fingerprint density at radius 1 is 1.41 bits per heavy atom. The number of carbonyl (C=O) groups excluding carboxylic acids is 1. The topological polar surface area (TPSA) is 65.8 Å². The van der Waals surface area contributed by atoms with Gasteiger partial charge in [0.05, 0.1) is 21.9 Å². The van der Waals surface area contributed by atoms with E-state index in [9.17, 15) is 9.18 Å². The molecule has 0 fully saturated rings. The van der Waals surface area contributed by atoms with Crippen molar-refractivity contribution in [3.8, 4) is 6.07 Å². The van der Waals surface area contributed by atoms with Gasteiger partial charge in [-0.1, -0.05) is 17.8 Å². The number of pyridine rings is 1. The lowest BCUT2D eigenvalue weighted by molar-refractivity contribution is -0.115. The number of rotatable bonds is 4. The average molecular weight is 315 g/mol. The molecule has 0 aliphatic rings. The lowest BCUT2D eigenvalue weighted by Gasteiger charge is -2.13. The molecule has 1 aromatic carbocycles. The standard InChI is InChI=1S/C16H14FN3OS/c1-10-3-4-13(17)8-14(10)20-16(21)11(2)22-15-7-12(9-18)5-6-19-15/h3-8,11H,1-2H3,(H,20,21). The molecule has 0 radical (unpaired) electrons. The molecule has 1 aromatic heterocycles. The number of carbonyl (C=O) groups is 1. The Hall–Kier alpha value is -2.39. The van der Waals surface area contributed by atoms with Crippen LogP contribution < -0.4 is 5.32 Å². The smallest absolute Gasteiger partial charge is 0.237 e. The highest BCUT2D eigenvalue weighted by Crippen LogP contribution is 2.24. The van der Waals surface area contributed by atoms with E-state index in [2.05, 4.69) is 10.3 Å². The molecule has 2 aromatic rings. The molecule has 1 unspecified atom stereocenters. The number of nitrogens with zero attached hydrogens (tertiary/aromatic N) is 2. The van der Waals surface area contributed by atoms with E-state index in [4.69, 9.17) is 5.26 Å². The molecule has 1 amide bonds. The molecule has 0 aliphatic carbocycles. The van der Waals surface area contributed by atoms with Gasteiger partial charge < -0.3 is 5.32 Å². The van der Waals surface area contributed by atoms with Gasteiger partial charge in [-0.05, 0) is 43.7 Å². The van der Waals surface area contributed by atoms with Crippen molar-refractivity contribution in [2.75, 3.05) is 5.32 Å². The highest BCUT2D eigenvalue weighted by atomic mass is 32.2. The van der Waals surface area contributed by atoms with Crippen molar-refractivity contribution in [2.24, 2.45) is 0 Å². The third-order valence-corrected chi connectivity index (χ3v) is 4.02. The largest absolute Gasteiger partial charge is 0.325 e. The maximum atomic E-state index is 13.2. The average Bonchev–Trinajstić information content (AvgIpc) is 2.51. The number of amides is 1. The maximum absolute atomic E-state index is 13.2. The lowest BCUT2D eigenvalue weighted by atomic mass is 10.2. The number of aromatic nitrogens is 1. The van der Waals surface area contributed by atoms with E-state index in [-0.39, 0.29) is 5.91 Å².